The molecule has 2 aliphatic rings. The predicted molar refractivity (Wildman–Crippen MR) is 124 cm³/mol. The lowest BCUT2D eigenvalue weighted by atomic mass is 9.96. The minimum absolute atomic E-state index is 0.496. The fourth-order valence-electron chi connectivity index (χ4n) is 3.92. The van der Waals surface area contributed by atoms with Gasteiger partial charge in [-0.2, -0.15) is 36.5 Å². The molecule has 10 nitrogen and oxygen atoms in total. The Hall–Kier alpha value is -3.69. The van der Waals surface area contributed by atoms with Crippen LogP contribution in [0.3, 0.4) is 0 Å². The minimum atomic E-state index is -5.08. The lowest BCUT2D eigenvalue weighted by molar-refractivity contribution is -0.193. The van der Waals surface area contributed by atoms with Crippen molar-refractivity contribution in [2.24, 2.45) is 13.0 Å². The number of rotatable bonds is 4. The number of aryl methyl sites for hydroxylation is 1. The van der Waals surface area contributed by atoms with E-state index in [-0.39, 0.29) is 0 Å². The minimum Gasteiger partial charge on any atom is -0.475 e. The number of aromatic nitrogens is 5. The Morgan fingerprint density at radius 2 is 1.51 bits per heavy atom. The molecule has 3 aromatic heterocycles. The van der Waals surface area contributed by atoms with Crippen molar-refractivity contribution in [3.63, 3.8) is 0 Å². The number of halogens is 6. The molecule has 4 heterocycles. The highest BCUT2D eigenvalue weighted by molar-refractivity contribution is 5.73. The summed E-state index contributed by atoms with van der Waals surface area (Å²) in [5.41, 5.74) is 3.14. The molecule has 0 unspecified atom stereocenters. The van der Waals surface area contributed by atoms with E-state index in [2.05, 4.69) is 28.3 Å². The van der Waals surface area contributed by atoms with Crippen LogP contribution in [0, 0.1) is 5.92 Å². The van der Waals surface area contributed by atoms with Crippen molar-refractivity contribution >= 4 is 17.6 Å². The number of carboxylic acid groups (broad SMARTS) is 2. The van der Waals surface area contributed by atoms with E-state index < -0.39 is 24.3 Å². The Labute approximate surface area is 217 Å². The molecule has 0 amide bonds. The molecule has 0 atom stereocenters. The molecular formula is C23H26F6N6O4. The van der Waals surface area contributed by atoms with Gasteiger partial charge in [0, 0.05) is 37.5 Å². The molecule has 1 saturated carbocycles. The van der Waals surface area contributed by atoms with Crippen molar-refractivity contribution in [1.82, 2.24) is 29.3 Å². The summed E-state index contributed by atoms with van der Waals surface area (Å²) in [6, 6.07) is 6.18. The van der Waals surface area contributed by atoms with Crippen LogP contribution in [0.5, 0.6) is 0 Å². The molecule has 0 radical (unpaired) electrons. The number of aliphatic carboxylic acids is 2. The molecule has 3 aromatic rings. The molecule has 39 heavy (non-hydrogen) atoms. The average molecular weight is 564 g/mol. The van der Waals surface area contributed by atoms with Gasteiger partial charge in [0.2, 0.25) is 0 Å². The topological polar surface area (TPSA) is 126 Å². The van der Waals surface area contributed by atoms with E-state index in [0.29, 0.717) is 5.92 Å². The van der Waals surface area contributed by atoms with Crippen molar-refractivity contribution in [2.75, 3.05) is 19.6 Å². The number of piperidine rings is 1. The van der Waals surface area contributed by atoms with Crippen LogP contribution in [0.25, 0.3) is 16.9 Å². The molecule has 1 aliphatic carbocycles. The zero-order chi connectivity index (χ0) is 29.0. The first-order valence-electron chi connectivity index (χ1n) is 11.8. The maximum absolute atomic E-state index is 10.6. The van der Waals surface area contributed by atoms with Crippen molar-refractivity contribution in [2.45, 2.75) is 44.0 Å². The van der Waals surface area contributed by atoms with Crippen LogP contribution in [0.2, 0.25) is 0 Å². The van der Waals surface area contributed by atoms with Crippen LogP contribution in [0.4, 0.5) is 26.3 Å². The maximum atomic E-state index is 10.6. The van der Waals surface area contributed by atoms with E-state index in [1.807, 2.05) is 28.5 Å². The number of pyridine rings is 1. The van der Waals surface area contributed by atoms with Crippen molar-refractivity contribution in [3.05, 3.63) is 36.4 Å². The van der Waals surface area contributed by atoms with Gasteiger partial charge in [0.1, 0.15) is 0 Å². The molecule has 1 aliphatic heterocycles. The normalized spacial score (nSPS) is 16.7. The molecule has 5 rings (SSSR count). The predicted octanol–water partition coefficient (Wildman–Crippen LogP) is 3.99. The molecule has 16 heteroatoms. The van der Waals surface area contributed by atoms with Gasteiger partial charge in [-0.15, -0.1) is 0 Å². The van der Waals surface area contributed by atoms with Crippen LogP contribution in [0.1, 0.15) is 37.4 Å². The molecule has 214 valence electrons. The first-order chi connectivity index (χ1) is 18.1. The summed E-state index contributed by atoms with van der Waals surface area (Å²) >= 11 is 0. The second-order valence-corrected chi connectivity index (χ2v) is 9.15. The number of likely N-dealkylation sites (tertiary alicyclic amines) is 1. The van der Waals surface area contributed by atoms with Gasteiger partial charge in [0.15, 0.2) is 11.5 Å². The van der Waals surface area contributed by atoms with Crippen LogP contribution in [0.15, 0.2) is 30.6 Å². The first kappa shape index (κ1) is 29.9. The van der Waals surface area contributed by atoms with Gasteiger partial charge in [-0.05, 0) is 62.9 Å². The summed E-state index contributed by atoms with van der Waals surface area (Å²) in [6.45, 7) is 3.69. The Bertz CT molecular complexity index is 1250. The Kier molecular flexibility index (Phi) is 9.19. The van der Waals surface area contributed by atoms with E-state index in [4.69, 9.17) is 29.9 Å². The van der Waals surface area contributed by atoms with Crippen LogP contribution >= 0.6 is 0 Å². The molecule has 1 saturated heterocycles. The van der Waals surface area contributed by atoms with Gasteiger partial charge in [0.05, 0.1) is 5.69 Å². The van der Waals surface area contributed by atoms with E-state index in [0.717, 1.165) is 28.6 Å². The largest absolute Gasteiger partial charge is 0.490 e. The summed E-state index contributed by atoms with van der Waals surface area (Å²) in [5.74, 6) is -3.03. The second kappa shape index (κ2) is 12.0. The zero-order valence-corrected chi connectivity index (χ0v) is 20.7. The van der Waals surface area contributed by atoms with E-state index in [1.165, 1.54) is 45.3 Å². The Balaban J connectivity index is 0.000000251. The number of nitrogens with zero attached hydrogens (tertiary/aromatic N) is 6. The van der Waals surface area contributed by atoms with Gasteiger partial charge in [-0.3, -0.25) is 4.68 Å². The number of fused-ring (bicyclic) bond motifs is 1. The quantitative estimate of drug-likeness (QED) is 0.456. The number of hydrogen-bond donors (Lipinski definition) is 2. The Morgan fingerprint density at radius 3 is 1.97 bits per heavy atom. The highest BCUT2D eigenvalue weighted by Gasteiger charge is 2.39. The zero-order valence-electron chi connectivity index (χ0n) is 20.7. The van der Waals surface area contributed by atoms with Crippen LogP contribution in [-0.4, -0.2) is 83.4 Å². The van der Waals surface area contributed by atoms with Gasteiger partial charge >= 0.3 is 24.3 Å². The molecular weight excluding hydrogens is 538 g/mol. The number of hydrogen-bond acceptors (Lipinski definition) is 6. The highest BCUT2D eigenvalue weighted by Crippen LogP contribution is 2.33. The second-order valence-electron chi connectivity index (χ2n) is 9.15. The van der Waals surface area contributed by atoms with Crippen molar-refractivity contribution in [1.29, 1.82) is 0 Å². The number of carbonyl (C=O) groups is 2. The van der Waals surface area contributed by atoms with Gasteiger partial charge in [0.25, 0.3) is 0 Å². The van der Waals surface area contributed by atoms with Gasteiger partial charge in [-0.1, -0.05) is 0 Å². The fourth-order valence-corrected chi connectivity index (χ4v) is 3.92. The summed E-state index contributed by atoms with van der Waals surface area (Å²) in [4.78, 5) is 25.2. The summed E-state index contributed by atoms with van der Waals surface area (Å²) in [7, 11) is 1.96. The van der Waals surface area contributed by atoms with Crippen molar-refractivity contribution in [3.8, 4) is 11.3 Å². The van der Waals surface area contributed by atoms with Gasteiger partial charge in [-0.25, -0.2) is 19.1 Å². The fraction of sp³-hybridized carbons (Fsp3) is 0.522. The third-order valence-corrected chi connectivity index (χ3v) is 6.12. The summed E-state index contributed by atoms with van der Waals surface area (Å²) < 4.78 is 67.3. The van der Waals surface area contributed by atoms with E-state index in [9.17, 15) is 26.3 Å². The van der Waals surface area contributed by atoms with Crippen LogP contribution in [-0.2, 0) is 16.6 Å². The average Bonchev–Trinajstić information content (AvgIpc) is 3.39. The number of alkyl halides is 6. The number of carboxylic acids is 2. The third kappa shape index (κ3) is 8.66. The highest BCUT2D eigenvalue weighted by atomic mass is 19.4. The monoisotopic (exact) mass is 564 g/mol. The van der Waals surface area contributed by atoms with Crippen LogP contribution < -0.4 is 0 Å². The molecule has 0 aromatic carbocycles. The van der Waals surface area contributed by atoms with E-state index >= 15 is 0 Å². The molecule has 2 fully saturated rings. The third-order valence-electron chi connectivity index (χ3n) is 6.12. The van der Waals surface area contributed by atoms with Gasteiger partial charge < -0.3 is 15.1 Å². The maximum Gasteiger partial charge on any atom is 0.490 e. The van der Waals surface area contributed by atoms with E-state index in [1.54, 1.807) is 0 Å². The smallest absolute Gasteiger partial charge is 0.475 e. The standard InChI is InChI=1S/C19H24N6.2C2HF3O2/c1-23-17(6-9-20-23)16-4-5-18-21-19(22-25(18)13-16)15-7-10-24(11-8-15)12-14-2-3-14;2*3-2(4,5)1(6)7/h4-6,9,13-15H,2-3,7-8,10-12H2,1H3;2*(H,6,7). The summed E-state index contributed by atoms with van der Waals surface area (Å²) in [6.07, 6.45) is -1.05. The lowest BCUT2D eigenvalue weighted by Crippen LogP contribution is -2.34. The van der Waals surface area contributed by atoms with Crippen molar-refractivity contribution < 1.29 is 46.1 Å². The Morgan fingerprint density at radius 1 is 0.949 bits per heavy atom. The lowest BCUT2D eigenvalue weighted by Gasteiger charge is -2.30. The molecule has 2 N–H and O–H groups in total. The SMILES string of the molecule is Cn1nccc1-c1ccc2nc(C3CCN(CC4CC4)CC3)nn2c1.O=C(O)C(F)(F)F.O=C(O)C(F)(F)F. The first-order valence-corrected chi connectivity index (χ1v) is 11.8. The molecule has 0 spiro atoms. The molecule has 0 bridgehead atoms. The summed E-state index contributed by atoms with van der Waals surface area (Å²) in [5, 5.41) is 23.3.